The number of methoxy groups -OCH3 is 1. The van der Waals surface area contributed by atoms with Crippen molar-refractivity contribution in [3.63, 3.8) is 0 Å². The first-order valence-electron chi connectivity index (χ1n) is 8.83. The molecule has 4 aromatic rings. The van der Waals surface area contributed by atoms with Gasteiger partial charge in [-0.1, -0.05) is 17.3 Å². The second-order valence-corrected chi connectivity index (χ2v) is 6.35. The number of amides is 1. The minimum atomic E-state index is -0.409. The van der Waals surface area contributed by atoms with E-state index in [0.29, 0.717) is 33.7 Å². The molecule has 0 atom stereocenters. The number of nitrogens with one attached hydrogen (secondary N) is 1. The molecule has 8 heteroatoms. The molecule has 29 heavy (non-hydrogen) atoms. The highest BCUT2D eigenvalue weighted by atomic mass is 16.5. The number of furan rings is 1. The highest BCUT2D eigenvalue weighted by Crippen LogP contribution is 2.27. The van der Waals surface area contributed by atoms with Gasteiger partial charge in [-0.05, 0) is 42.8 Å². The van der Waals surface area contributed by atoms with E-state index < -0.39 is 5.97 Å². The number of carbonyl (C=O) groups excluding carboxylic acids is 2. The molecule has 0 aliphatic carbocycles. The molecule has 0 spiro atoms. The Bertz CT molecular complexity index is 1180. The van der Waals surface area contributed by atoms with E-state index in [1.807, 2.05) is 0 Å². The lowest BCUT2D eigenvalue weighted by Crippen LogP contribution is -2.23. The third-order valence-electron chi connectivity index (χ3n) is 4.46. The van der Waals surface area contributed by atoms with Crippen LogP contribution in [0.25, 0.3) is 22.6 Å². The number of pyridine rings is 1. The Morgan fingerprint density at radius 1 is 1.17 bits per heavy atom. The number of rotatable bonds is 5. The fraction of sp³-hybridized carbons (Fsp3) is 0.143. The third-order valence-corrected chi connectivity index (χ3v) is 4.46. The molecule has 0 fully saturated rings. The van der Waals surface area contributed by atoms with E-state index in [4.69, 9.17) is 8.94 Å². The smallest absolute Gasteiger partial charge is 0.337 e. The minimum absolute atomic E-state index is 0.268. The summed E-state index contributed by atoms with van der Waals surface area (Å²) in [6.45, 7) is 2.03. The molecule has 0 aliphatic rings. The Morgan fingerprint density at radius 2 is 1.97 bits per heavy atom. The molecule has 0 saturated heterocycles. The number of hydrogen-bond donors (Lipinski definition) is 1. The van der Waals surface area contributed by atoms with Gasteiger partial charge in [0.1, 0.15) is 5.69 Å². The van der Waals surface area contributed by atoms with Crippen LogP contribution in [0.5, 0.6) is 0 Å². The second kappa shape index (κ2) is 7.59. The van der Waals surface area contributed by atoms with Crippen LogP contribution in [0, 0.1) is 6.92 Å². The second-order valence-electron chi connectivity index (χ2n) is 6.35. The van der Waals surface area contributed by atoms with Gasteiger partial charge < -0.3 is 19.0 Å². The number of fused-ring (bicyclic) bond motifs is 1. The standard InChI is InChI=1S/C21H17N3O5/c1-12-18-15(10-16(17-4-3-9-28-17)23-20(18)29-24-12)19(25)22-11-13-5-7-14(8-6-13)21(26)27-2/h3-10H,11H2,1-2H3,(H,22,25). The van der Waals surface area contributed by atoms with Crippen molar-refractivity contribution in [2.24, 2.45) is 0 Å². The van der Waals surface area contributed by atoms with Crippen LogP contribution in [-0.2, 0) is 11.3 Å². The average molecular weight is 391 g/mol. The quantitative estimate of drug-likeness (QED) is 0.519. The Hall–Kier alpha value is -3.94. The molecule has 146 valence electrons. The molecule has 0 saturated carbocycles. The zero-order valence-electron chi connectivity index (χ0n) is 15.8. The topological polar surface area (TPSA) is 107 Å². The lowest BCUT2D eigenvalue weighted by molar-refractivity contribution is 0.0600. The van der Waals surface area contributed by atoms with E-state index in [0.717, 1.165) is 5.56 Å². The van der Waals surface area contributed by atoms with Crippen LogP contribution in [-0.4, -0.2) is 29.1 Å². The molecule has 1 aromatic carbocycles. The largest absolute Gasteiger partial charge is 0.465 e. The number of ether oxygens (including phenoxy) is 1. The van der Waals surface area contributed by atoms with Gasteiger partial charge in [0.2, 0.25) is 0 Å². The predicted octanol–water partition coefficient (Wildman–Crippen LogP) is 3.51. The summed E-state index contributed by atoms with van der Waals surface area (Å²) < 4.78 is 15.3. The Labute approximate surface area is 165 Å². The third kappa shape index (κ3) is 3.60. The van der Waals surface area contributed by atoms with Crippen molar-refractivity contribution in [3.05, 3.63) is 71.1 Å². The molecule has 3 heterocycles. The SMILES string of the molecule is COC(=O)c1ccc(CNC(=O)c2cc(-c3ccco3)nc3onc(C)c23)cc1. The summed E-state index contributed by atoms with van der Waals surface area (Å²) in [6.07, 6.45) is 1.53. The highest BCUT2D eigenvalue weighted by molar-refractivity contribution is 6.06. The van der Waals surface area contributed by atoms with Gasteiger partial charge >= 0.3 is 5.97 Å². The van der Waals surface area contributed by atoms with E-state index in [2.05, 4.69) is 20.2 Å². The predicted molar refractivity (Wildman–Crippen MR) is 103 cm³/mol. The van der Waals surface area contributed by atoms with Crippen LogP contribution in [0.15, 0.2) is 57.7 Å². The maximum absolute atomic E-state index is 12.9. The summed E-state index contributed by atoms with van der Waals surface area (Å²) >= 11 is 0. The maximum Gasteiger partial charge on any atom is 0.337 e. The first kappa shape index (κ1) is 18.4. The Balaban J connectivity index is 1.59. The molecule has 1 N–H and O–H groups in total. The van der Waals surface area contributed by atoms with E-state index in [9.17, 15) is 9.59 Å². The van der Waals surface area contributed by atoms with E-state index in [1.165, 1.54) is 13.4 Å². The first-order valence-corrected chi connectivity index (χ1v) is 8.83. The number of aryl methyl sites for hydroxylation is 1. The van der Waals surface area contributed by atoms with Gasteiger partial charge in [0.25, 0.3) is 11.6 Å². The van der Waals surface area contributed by atoms with Crippen LogP contribution in [0.3, 0.4) is 0 Å². The Kier molecular flexibility index (Phi) is 4.82. The van der Waals surface area contributed by atoms with Crippen molar-refractivity contribution in [1.82, 2.24) is 15.5 Å². The fourth-order valence-electron chi connectivity index (χ4n) is 2.98. The minimum Gasteiger partial charge on any atom is -0.465 e. The summed E-state index contributed by atoms with van der Waals surface area (Å²) in [5.74, 6) is -0.185. The maximum atomic E-state index is 12.9. The van der Waals surface area contributed by atoms with Crippen molar-refractivity contribution in [2.45, 2.75) is 13.5 Å². The number of nitrogens with zero attached hydrogens (tertiary/aromatic N) is 2. The van der Waals surface area contributed by atoms with Crippen LogP contribution in [0.2, 0.25) is 0 Å². The van der Waals surface area contributed by atoms with Crippen molar-refractivity contribution < 1.29 is 23.3 Å². The number of benzene rings is 1. The normalized spacial score (nSPS) is 10.8. The van der Waals surface area contributed by atoms with Gasteiger partial charge in [-0.3, -0.25) is 4.79 Å². The summed E-state index contributed by atoms with van der Waals surface area (Å²) in [5, 5.41) is 7.35. The monoisotopic (exact) mass is 391 g/mol. The summed E-state index contributed by atoms with van der Waals surface area (Å²) in [6, 6.07) is 12.0. The number of aromatic nitrogens is 2. The number of esters is 1. The van der Waals surface area contributed by atoms with Crippen LogP contribution < -0.4 is 5.32 Å². The molecule has 3 aromatic heterocycles. The molecular formula is C21H17N3O5. The number of hydrogen-bond acceptors (Lipinski definition) is 7. The van der Waals surface area contributed by atoms with Gasteiger partial charge in [-0.15, -0.1) is 0 Å². The summed E-state index contributed by atoms with van der Waals surface area (Å²) in [7, 11) is 1.33. The van der Waals surface area contributed by atoms with Crippen molar-refractivity contribution in [3.8, 4) is 11.5 Å². The van der Waals surface area contributed by atoms with Gasteiger partial charge in [-0.25, -0.2) is 9.78 Å². The van der Waals surface area contributed by atoms with Gasteiger partial charge in [0.05, 0.1) is 35.6 Å². The van der Waals surface area contributed by atoms with Crippen LogP contribution >= 0.6 is 0 Å². The van der Waals surface area contributed by atoms with Crippen molar-refractivity contribution >= 4 is 23.0 Å². The summed E-state index contributed by atoms with van der Waals surface area (Å²) in [4.78, 5) is 28.8. The fourth-order valence-corrected chi connectivity index (χ4v) is 2.98. The Morgan fingerprint density at radius 3 is 2.66 bits per heavy atom. The lowest BCUT2D eigenvalue weighted by atomic mass is 10.1. The van der Waals surface area contributed by atoms with Crippen LogP contribution in [0.1, 0.15) is 32.0 Å². The summed E-state index contributed by atoms with van der Waals surface area (Å²) in [5.41, 5.74) is 3.00. The molecular weight excluding hydrogens is 374 g/mol. The molecule has 0 aliphatic heterocycles. The van der Waals surface area contributed by atoms with Gasteiger partial charge in [-0.2, -0.15) is 0 Å². The molecule has 1 amide bonds. The van der Waals surface area contributed by atoms with E-state index >= 15 is 0 Å². The van der Waals surface area contributed by atoms with Crippen LogP contribution in [0.4, 0.5) is 0 Å². The molecule has 0 unspecified atom stereocenters. The van der Waals surface area contributed by atoms with Gasteiger partial charge in [0.15, 0.2) is 5.76 Å². The van der Waals surface area contributed by atoms with Gasteiger partial charge in [0, 0.05) is 6.54 Å². The lowest BCUT2D eigenvalue weighted by Gasteiger charge is -2.08. The molecule has 0 bridgehead atoms. The molecule has 4 rings (SSSR count). The molecule has 0 radical (unpaired) electrons. The van der Waals surface area contributed by atoms with Crippen molar-refractivity contribution in [1.29, 1.82) is 0 Å². The first-order chi connectivity index (χ1) is 14.1. The van der Waals surface area contributed by atoms with E-state index in [-0.39, 0.29) is 18.2 Å². The zero-order valence-corrected chi connectivity index (χ0v) is 15.8. The van der Waals surface area contributed by atoms with Crippen molar-refractivity contribution in [2.75, 3.05) is 7.11 Å². The van der Waals surface area contributed by atoms with E-state index in [1.54, 1.807) is 49.4 Å². The number of carbonyl (C=O) groups is 2. The average Bonchev–Trinajstić information content (AvgIpc) is 3.41. The zero-order chi connectivity index (χ0) is 20.4. The highest BCUT2D eigenvalue weighted by Gasteiger charge is 2.20. The molecule has 8 nitrogen and oxygen atoms in total.